The first-order chi connectivity index (χ1) is 11.5. The van der Waals surface area contributed by atoms with Gasteiger partial charge in [-0.25, -0.2) is 17.2 Å². The standard InChI is InChI=1S/C18H15NO4S/c1-23-18(20)10-8-14-7-9-17-15(13-14)11-12-19(17)24(21,22)16-5-3-2-4-6-16/h2-13H,1H3. The predicted molar refractivity (Wildman–Crippen MR) is 92.0 cm³/mol. The van der Waals surface area contributed by atoms with Crippen LogP contribution in [-0.2, 0) is 19.6 Å². The third-order valence-electron chi connectivity index (χ3n) is 3.59. The molecule has 1 aromatic heterocycles. The quantitative estimate of drug-likeness (QED) is 0.540. The maximum absolute atomic E-state index is 12.7. The zero-order valence-corrected chi connectivity index (χ0v) is 13.7. The molecule has 0 spiro atoms. The van der Waals surface area contributed by atoms with Gasteiger partial charge in [0.2, 0.25) is 0 Å². The summed E-state index contributed by atoms with van der Waals surface area (Å²) in [6, 6.07) is 15.3. The Hall–Kier alpha value is -2.86. The van der Waals surface area contributed by atoms with Crippen molar-refractivity contribution in [3.05, 3.63) is 72.4 Å². The second-order valence-corrected chi connectivity index (χ2v) is 6.92. The Morgan fingerprint density at radius 3 is 2.54 bits per heavy atom. The van der Waals surface area contributed by atoms with Gasteiger partial charge in [-0.2, -0.15) is 0 Å². The van der Waals surface area contributed by atoms with Crippen molar-refractivity contribution in [1.29, 1.82) is 0 Å². The Morgan fingerprint density at radius 1 is 1.08 bits per heavy atom. The van der Waals surface area contributed by atoms with Gasteiger partial charge in [0.15, 0.2) is 0 Å². The molecule has 0 aliphatic rings. The summed E-state index contributed by atoms with van der Waals surface area (Å²) in [5.74, 6) is -0.445. The van der Waals surface area contributed by atoms with Crippen LogP contribution < -0.4 is 0 Å². The fourth-order valence-corrected chi connectivity index (χ4v) is 3.76. The summed E-state index contributed by atoms with van der Waals surface area (Å²) in [6.07, 6.45) is 4.47. The molecule has 0 unspecified atom stereocenters. The molecule has 0 saturated carbocycles. The molecule has 1 heterocycles. The van der Waals surface area contributed by atoms with Crippen LogP contribution in [0, 0.1) is 0 Å². The monoisotopic (exact) mass is 341 g/mol. The Bertz CT molecular complexity index is 1020. The molecule has 0 atom stereocenters. The van der Waals surface area contributed by atoms with E-state index in [4.69, 9.17) is 0 Å². The highest BCUT2D eigenvalue weighted by atomic mass is 32.2. The van der Waals surface area contributed by atoms with E-state index < -0.39 is 16.0 Å². The largest absolute Gasteiger partial charge is 0.466 e. The molecule has 0 amide bonds. The lowest BCUT2D eigenvalue weighted by molar-refractivity contribution is -0.134. The van der Waals surface area contributed by atoms with Gasteiger partial charge in [0.25, 0.3) is 10.0 Å². The first-order valence-electron chi connectivity index (χ1n) is 7.20. The molecular formula is C18H15NO4S. The van der Waals surface area contributed by atoms with Crippen LogP contribution in [0.4, 0.5) is 0 Å². The number of carbonyl (C=O) groups excluding carboxylic acids is 1. The van der Waals surface area contributed by atoms with Crippen molar-refractivity contribution >= 4 is 33.0 Å². The second-order valence-electron chi connectivity index (χ2n) is 5.10. The number of fused-ring (bicyclic) bond motifs is 1. The minimum atomic E-state index is -3.64. The van der Waals surface area contributed by atoms with Crippen LogP contribution in [0.25, 0.3) is 17.0 Å². The third-order valence-corrected chi connectivity index (χ3v) is 5.30. The lowest BCUT2D eigenvalue weighted by Gasteiger charge is -2.07. The number of esters is 1. The predicted octanol–water partition coefficient (Wildman–Crippen LogP) is 3.06. The van der Waals surface area contributed by atoms with Gasteiger partial charge in [-0.1, -0.05) is 24.3 Å². The number of aromatic nitrogens is 1. The van der Waals surface area contributed by atoms with Crippen LogP contribution >= 0.6 is 0 Å². The Kier molecular flexibility index (Phi) is 4.22. The topological polar surface area (TPSA) is 65.4 Å². The van der Waals surface area contributed by atoms with E-state index in [1.54, 1.807) is 54.6 Å². The molecule has 0 aliphatic heterocycles. The Balaban J connectivity index is 2.03. The highest BCUT2D eigenvalue weighted by Gasteiger charge is 2.18. The van der Waals surface area contributed by atoms with Crippen LogP contribution in [0.5, 0.6) is 0 Å². The molecule has 3 rings (SSSR count). The maximum atomic E-state index is 12.7. The minimum absolute atomic E-state index is 0.233. The van der Waals surface area contributed by atoms with Gasteiger partial charge in [0.1, 0.15) is 0 Å². The van der Waals surface area contributed by atoms with E-state index in [0.29, 0.717) is 5.52 Å². The van der Waals surface area contributed by atoms with Crippen molar-refractivity contribution < 1.29 is 17.9 Å². The van der Waals surface area contributed by atoms with Crippen LogP contribution in [0.15, 0.2) is 71.8 Å². The van der Waals surface area contributed by atoms with E-state index in [2.05, 4.69) is 4.74 Å². The normalized spacial score (nSPS) is 11.9. The molecule has 0 aliphatic carbocycles. The highest BCUT2D eigenvalue weighted by Crippen LogP contribution is 2.23. The Morgan fingerprint density at radius 2 is 1.83 bits per heavy atom. The average Bonchev–Trinajstić information content (AvgIpc) is 3.04. The third kappa shape index (κ3) is 2.96. The maximum Gasteiger partial charge on any atom is 0.330 e. The smallest absolute Gasteiger partial charge is 0.330 e. The number of ether oxygens (including phenoxy) is 1. The molecule has 0 N–H and O–H groups in total. The van der Waals surface area contributed by atoms with Gasteiger partial charge in [-0.05, 0) is 42.0 Å². The molecule has 0 bridgehead atoms. The number of rotatable bonds is 4. The number of nitrogens with zero attached hydrogens (tertiary/aromatic N) is 1. The summed E-state index contributed by atoms with van der Waals surface area (Å²) in [7, 11) is -2.33. The van der Waals surface area contributed by atoms with Crippen LogP contribution in [0.2, 0.25) is 0 Å². The number of carbonyl (C=O) groups is 1. The first kappa shape index (κ1) is 16.0. The van der Waals surface area contributed by atoms with Gasteiger partial charge in [-0.3, -0.25) is 0 Å². The molecule has 3 aromatic rings. The lowest BCUT2D eigenvalue weighted by Crippen LogP contribution is -2.11. The van der Waals surface area contributed by atoms with Crippen molar-refractivity contribution in [3.8, 4) is 0 Å². The van der Waals surface area contributed by atoms with E-state index in [-0.39, 0.29) is 4.90 Å². The molecular weight excluding hydrogens is 326 g/mol. The Labute approximate surface area is 139 Å². The molecule has 0 radical (unpaired) electrons. The van der Waals surface area contributed by atoms with Crippen molar-refractivity contribution in [2.45, 2.75) is 4.90 Å². The van der Waals surface area contributed by atoms with Crippen molar-refractivity contribution in [1.82, 2.24) is 3.97 Å². The van der Waals surface area contributed by atoms with E-state index in [9.17, 15) is 13.2 Å². The molecule has 6 heteroatoms. The van der Waals surface area contributed by atoms with Gasteiger partial charge in [-0.15, -0.1) is 0 Å². The van der Waals surface area contributed by atoms with E-state index in [1.807, 2.05) is 6.07 Å². The molecule has 0 saturated heterocycles. The second kappa shape index (κ2) is 6.33. The first-order valence-corrected chi connectivity index (χ1v) is 8.64. The van der Waals surface area contributed by atoms with Crippen molar-refractivity contribution in [2.24, 2.45) is 0 Å². The van der Waals surface area contributed by atoms with Gasteiger partial charge >= 0.3 is 5.97 Å². The van der Waals surface area contributed by atoms with Gasteiger partial charge < -0.3 is 4.74 Å². The summed E-state index contributed by atoms with van der Waals surface area (Å²) in [5, 5.41) is 0.765. The SMILES string of the molecule is COC(=O)C=Cc1ccc2c(ccn2S(=O)(=O)c2ccccc2)c1. The lowest BCUT2D eigenvalue weighted by atomic mass is 10.1. The van der Waals surface area contributed by atoms with Crippen LogP contribution in [0.3, 0.4) is 0 Å². The minimum Gasteiger partial charge on any atom is -0.466 e. The summed E-state index contributed by atoms with van der Waals surface area (Å²) >= 11 is 0. The number of hydrogen-bond donors (Lipinski definition) is 0. The molecule has 122 valence electrons. The fraction of sp³-hybridized carbons (Fsp3) is 0.0556. The summed E-state index contributed by atoms with van der Waals surface area (Å²) < 4.78 is 31.3. The number of methoxy groups -OCH3 is 1. The van der Waals surface area contributed by atoms with Crippen LogP contribution in [-0.4, -0.2) is 25.5 Å². The average molecular weight is 341 g/mol. The van der Waals surface area contributed by atoms with Gasteiger partial charge in [0.05, 0.1) is 17.5 Å². The molecule has 24 heavy (non-hydrogen) atoms. The fourth-order valence-electron chi connectivity index (χ4n) is 2.39. The molecule has 0 fully saturated rings. The number of hydrogen-bond acceptors (Lipinski definition) is 4. The molecule has 2 aromatic carbocycles. The van der Waals surface area contributed by atoms with Crippen LogP contribution in [0.1, 0.15) is 5.56 Å². The van der Waals surface area contributed by atoms with E-state index in [0.717, 1.165) is 10.9 Å². The molecule has 5 nitrogen and oxygen atoms in total. The summed E-state index contributed by atoms with van der Waals surface area (Å²) in [4.78, 5) is 11.4. The zero-order valence-electron chi connectivity index (χ0n) is 12.9. The van der Waals surface area contributed by atoms with E-state index >= 15 is 0 Å². The number of benzene rings is 2. The van der Waals surface area contributed by atoms with Crippen molar-refractivity contribution in [3.63, 3.8) is 0 Å². The summed E-state index contributed by atoms with van der Waals surface area (Å²) in [6.45, 7) is 0. The van der Waals surface area contributed by atoms with Gasteiger partial charge in [0, 0.05) is 17.7 Å². The van der Waals surface area contributed by atoms with Crippen molar-refractivity contribution in [2.75, 3.05) is 7.11 Å². The highest BCUT2D eigenvalue weighted by molar-refractivity contribution is 7.90. The zero-order chi connectivity index (χ0) is 17.2. The van der Waals surface area contributed by atoms with E-state index in [1.165, 1.54) is 23.4 Å². The summed E-state index contributed by atoms with van der Waals surface area (Å²) in [5.41, 5.74) is 1.36.